The quantitative estimate of drug-likeness (QED) is 0.0803. The fourth-order valence-corrected chi connectivity index (χ4v) is 8.94. The smallest absolute Gasteiger partial charge is 0.493 e. The second-order valence-electron chi connectivity index (χ2n) is 17.9. The first-order valence-electron chi connectivity index (χ1n) is 22.7. The number of rotatable bonds is 18. The Morgan fingerprint density at radius 1 is 0.492 bits per heavy atom. The van der Waals surface area contributed by atoms with E-state index in [2.05, 4.69) is 116 Å². The lowest BCUT2D eigenvalue weighted by atomic mass is 9.67. The van der Waals surface area contributed by atoms with E-state index in [0.717, 1.165) is 66.7 Å². The molecule has 1 spiro atoms. The summed E-state index contributed by atoms with van der Waals surface area (Å²) in [5, 5.41) is 0. The molecule has 2 aliphatic carbocycles. The fraction of sp³-hybridized carbons (Fsp3) is 0.520. The van der Waals surface area contributed by atoms with Crippen LogP contribution in [0.25, 0.3) is 22.3 Å². The van der Waals surface area contributed by atoms with E-state index in [1.165, 1.54) is 50.1 Å². The zero-order chi connectivity index (χ0) is 41.3. The largest absolute Gasteiger partial charge is 0.494 e. The summed E-state index contributed by atoms with van der Waals surface area (Å²) in [7, 11) is -0.833. The molecule has 4 aliphatic rings. The van der Waals surface area contributed by atoms with Crippen LogP contribution in [-0.4, -0.2) is 60.5 Å². The summed E-state index contributed by atoms with van der Waals surface area (Å²) in [6.07, 6.45) is 6.33. The van der Waals surface area contributed by atoms with Crippen LogP contribution in [0.15, 0.2) is 60.7 Å². The van der Waals surface area contributed by atoms with Crippen LogP contribution < -0.4 is 25.1 Å². The van der Waals surface area contributed by atoms with Crippen molar-refractivity contribution in [2.75, 3.05) is 46.2 Å². The third-order valence-corrected chi connectivity index (χ3v) is 13.6. The fourth-order valence-electron chi connectivity index (χ4n) is 8.94. The molecule has 0 N–H and O–H groups in total. The molecular weight excluding hydrogens is 734 g/mol. The van der Waals surface area contributed by atoms with E-state index in [4.69, 9.17) is 32.8 Å². The maximum absolute atomic E-state index is 6.94. The molecule has 0 radical (unpaired) electrons. The zero-order valence-corrected chi connectivity index (χ0v) is 36.8. The SMILES string of the molecule is CCC(C)CCc1cc2c(cc1OCC(C)CC)C1(c3cc(B4OCCO4)ccc3-c3ccc(B4OCCO4)cc31)c1cc(OCC(C)CC)c(OCC(C)CC)cc1-2. The molecule has 312 valence electrons. The van der Waals surface area contributed by atoms with Gasteiger partial charge in [-0.15, -0.1) is 0 Å². The summed E-state index contributed by atoms with van der Waals surface area (Å²) in [4.78, 5) is 0. The molecule has 59 heavy (non-hydrogen) atoms. The molecule has 4 unspecified atom stereocenters. The topological polar surface area (TPSA) is 64.6 Å². The molecule has 4 aromatic carbocycles. The Bertz CT molecular complexity index is 1960. The number of ether oxygens (including phenoxy) is 3. The lowest BCUT2D eigenvalue weighted by Gasteiger charge is -2.32. The Morgan fingerprint density at radius 3 is 1.37 bits per heavy atom. The normalized spacial score (nSPS) is 18.0. The minimum atomic E-state index is -0.716. The highest BCUT2D eigenvalue weighted by atomic mass is 16.6. The Balaban J connectivity index is 1.43. The molecule has 2 fully saturated rings. The molecule has 0 aromatic heterocycles. The summed E-state index contributed by atoms with van der Waals surface area (Å²) in [5.74, 6) is 4.42. The molecule has 2 heterocycles. The molecule has 0 saturated carbocycles. The van der Waals surface area contributed by atoms with Crippen molar-refractivity contribution in [1.29, 1.82) is 0 Å². The Labute approximate surface area is 354 Å². The van der Waals surface area contributed by atoms with Gasteiger partial charge in [0.2, 0.25) is 0 Å². The number of benzene rings is 4. The van der Waals surface area contributed by atoms with Gasteiger partial charge in [-0.05, 0) is 122 Å². The number of aryl methyl sites for hydroxylation is 1. The van der Waals surface area contributed by atoms with E-state index in [1.807, 2.05) is 0 Å². The van der Waals surface area contributed by atoms with Gasteiger partial charge in [0.15, 0.2) is 11.5 Å². The molecule has 0 bridgehead atoms. The highest BCUT2D eigenvalue weighted by Gasteiger charge is 2.54. The number of fused-ring (bicyclic) bond motifs is 10. The van der Waals surface area contributed by atoms with Crippen molar-refractivity contribution in [2.24, 2.45) is 23.7 Å². The van der Waals surface area contributed by atoms with Crippen LogP contribution >= 0.6 is 0 Å². The van der Waals surface area contributed by atoms with Gasteiger partial charge >= 0.3 is 14.2 Å². The Kier molecular flexibility index (Phi) is 12.9. The Hall–Kier alpha value is -3.75. The molecule has 2 saturated heterocycles. The van der Waals surface area contributed by atoms with E-state index in [-0.39, 0.29) is 0 Å². The second kappa shape index (κ2) is 18.1. The van der Waals surface area contributed by atoms with Gasteiger partial charge < -0.3 is 32.8 Å². The van der Waals surface area contributed by atoms with Crippen molar-refractivity contribution in [3.05, 3.63) is 88.5 Å². The lowest BCUT2D eigenvalue weighted by Crippen LogP contribution is -2.35. The Morgan fingerprint density at radius 2 is 0.898 bits per heavy atom. The summed E-state index contributed by atoms with van der Waals surface area (Å²) >= 11 is 0. The third-order valence-electron chi connectivity index (χ3n) is 13.6. The van der Waals surface area contributed by atoms with Gasteiger partial charge in [-0.1, -0.05) is 117 Å². The van der Waals surface area contributed by atoms with Crippen molar-refractivity contribution in [2.45, 2.75) is 99.3 Å². The van der Waals surface area contributed by atoms with Gasteiger partial charge in [-0.25, -0.2) is 0 Å². The zero-order valence-electron chi connectivity index (χ0n) is 36.8. The highest BCUT2D eigenvalue weighted by molar-refractivity contribution is 6.62. The maximum Gasteiger partial charge on any atom is 0.494 e. The van der Waals surface area contributed by atoms with Crippen LogP contribution in [0, 0.1) is 23.7 Å². The van der Waals surface area contributed by atoms with Gasteiger partial charge in [-0.2, -0.15) is 0 Å². The second-order valence-corrected chi connectivity index (χ2v) is 17.9. The minimum Gasteiger partial charge on any atom is -0.493 e. The van der Waals surface area contributed by atoms with Gasteiger partial charge in [0.1, 0.15) is 5.75 Å². The first-order valence-corrected chi connectivity index (χ1v) is 22.7. The molecule has 2 aliphatic heterocycles. The van der Waals surface area contributed by atoms with Crippen molar-refractivity contribution in [3.8, 4) is 39.5 Å². The molecule has 0 amide bonds. The molecule has 9 heteroatoms. The van der Waals surface area contributed by atoms with Crippen molar-refractivity contribution < 1.29 is 32.8 Å². The predicted octanol–water partition coefficient (Wildman–Crippen LogP) is 9.77. The predicted molar refractivity (Wildman–Crippen MR) is 240 cm³/mol. The molecule has 4 aromatic rings. The molecule has 4 atom stereocenters. The van der Waals surface area contributed by atoms with Crippen molar-refractivity contribution in [1.82, 2.24) is 0 Å². The first kappa shape index (κ1) is 42.0. The summed E-state index contributed by atoms with van der Waals surface area (Å²) < 4.78 is 45.2. The lowest BCUT2D eigenvalue weighted by molar-refractivity contribution is 0.217. The molecule has 7 nitrogen and oxygen atoms in total. The number of hydrogen-bond acceptors (Lipinski definition) is 7. The van der Waals surface area contributed by atoms with Gasteiger partial charge in [0.25, 0.3) is 0 Å². The van der Waals surface area contributed by atoms with Crippen molar-refractivity contribution >= 4 is 25.2 Å². The van der Waals surface area contributed by atoms with Gasteiger partial charge in [0.05, 0.1) is 51.7 Å². The average molecular weight is 799 g/mol. The van der Waals surface area contributed by atoms with E-state index < -0.39 is 19.7 Å². The standard InChI is InChI=1S/C50H64B2O7/c1-9-32(5)13-14-36-23-41-42-26-48(54-30-34(7)11-3)49(55-31-35(8)12-4)28-46(42)50(45(41)27-47(36)53-29-33(6)10-2)43-24-37(51-56-19-20-57-51)15-17-39(43)40-18-16-38(25-44(40)50)52-58-21-22-59-52/h15-18,23-28,32-35H,9-14,19-22,29-31H2,1-8H3. The first-order chi connectivity index (χ1) is 28.7. The van der Waals surface area contributed by atoms with E-state index in [9.17, 15) is 0 Å². The van der Waals surface area contributed by atoms with E-state index in [0.29, 0.717) is 69.9 Å². The van der Waals surface area contributed by atoms with Crippen LogP contribution in [0.5, 0.6) is 17.2 Å². The van der Waals surface area contributed by atoms with E-state index >= 15 is 0 Å². The summed E-state index contributed by atoms with van der Waals surface area (Å²) in [6, 6.07) is 23.0. The van der Waals surface area contributed by atoms with Gasteiger partial charge in [0, 0.05) is 0 Å². The number of hydrogen-bond donors (Lipinski definition) is 0. The summed E-state index contributed by atoms with van der Waals surface area (Å²) in [5.41, 5.74) is 12.2. The summed E-state index contributed by atoms with van der Waals surface area (Å²) in [6.45, 7) is 22.3. The average Bonchev–Trinajstić information content (AvgIpc) is 4.10. The van der Waals surface area contributed by atoms with E-state index in [1.54, 1.807) is 0 Å². The van der Waals surface area contributed by atoms with Crippen LogP contribution in [-0.2, 0) is 30.5 Å². The van der Waals surface area contributed by atoms with Crippen LogP contribution in [0.3, 0.4) is 0 Å². The monoisotopic (exact) mass is 798 g/mol. The minimum absolute atomic E-state index is 0.394. The van der Waals surface area contributed by atoms with Gasteiger partial charge in [-0.3, -0.25) is 0 Å². The highest BCUT2D eigenvalue weighted by Crippen LogP contribution is 2.64. The molecule has 8 rings (SSSR count). The third kappa shape index (κ3) is 7.98. The van der Waals surface area contributed by atoms with Crippen molar-refractivity contribution in [3.63, 3.8) is 0 Å². The maximum atomic E-state index is 6.94. The molecular formula is C50H64B2O7. The van der Waals surface area contributed by atoms with Crippen LogP contribution in [0.4, 0.5) is 0 Å². The van der Waals surface area contributed by atoms with Crippen LogP contribution in [0.2, 0.25) is 0 Å². The van der Waals surface area contributed by atoms with Crippen LogP contribution in [0.1, 0.15) is 115 Å².